The molecule has 10 nitrogen and oxygen atoms in total. The zero-order chi connectivity index (χ0) is 28.0. The van der Waals surface area contributed by atoms with Crippen LogP contribution in [0.3, 0.4) is 0 Å². The smallest absolute Gasteiger partial charge is 0.233 e. The van der Waals surface area contributed by atoms with E-state index in [0.717, 1.165) is 54.0 Å². The van der Waals surface area contributed by atoms with E-state index in [9.17, 15) is 13.2 Å². The van der Waals surface area contributed by atoms with Gasteiger partial charge in [-0.1, -0.05) is 19.9 Å². The van der Waals surface area contributed by atoms with Gasteiger partial charge in [-0.2, -0.15) is 5.10 Å². The van der Waals surface area contributed by atoms with Gasteiger partial charge in [0.2, 0.25) is 5.91 Å². The maximum Gasteiger partial charge on any atom is 0.233 e. The lowest BCUT2D eigenvalue weighted by molar-refractivity contribution is -0.122. The SMILES string of the molecule is CNC(=O)CN1CCC(c2ccc3[nH]c(-c4cc(N5CCS(=O)(=O)CC5)c5ncnn5c4)c(C(C)C)c3c2)CC1. The van der Waals surface area contributed by atoms with E-state index in [4.69, 9.17) is 0 Å². The number of H-pyrrole nitrogens is 1. The van der Waals surface area contributed by atoms with Gasteiger partial charge in [-0.15, -0.1) is 0 Å². The number of benzene rings is 1. The normalized spacial score (nSPS) is 18.6. The molecule has 0 spiro atoms. The number of aromatic nitrogens is 4. The molecule has 0 bridgehead atoms. The third-order valence-electron chi connectivity index (χ3n) is 8.47. The number of nitrogens with zero attached hydrogens (tertiary/aromatic N) is 5. The van der Waals surface area contributed by atoms with Crippen LogP contribution < -0.4 is 10.2 Å². The molecule has 0 saturated carbocycles. The van der Waals surface area contributed by atoms with E-state index in [1.165, 1.54) is 16.5 Å². The molecule has 4 aromatic rings. The Kier molecular flexibility index (Phi) is 7.03. The van der Waals surface area contributed by atoms with Crippen molar-refractivity contribution in [3.05, 3.63) is 47.9 Å². The van der Waals surface area contributed by atoms with Gasteiger partial charge in [0.05, 0.1) is 29.4 Å². The summed E-state index contributed by atoms with van der Waals surface area (Å²) in [7, 11) is -1.31. The van der Waals surface area contributed by atoms with Gasteiger partial charge in [-0.25, -0.2) is 17.9 Å². The van der Waals surface area contributed by atoms with E-state index in [1.807, 2.05) is 6.20 Å². The van der Waals surface area contributed by atoms with E-state index in [-0.39, 0.29) is 23.3 Å². The predicted octanol–water partition coefficient (Wildman–Crippen LogP) is 3.16. The van der Waals surface area contributed by atoms with E-state index in [2.05, 4.69) is 68.3 Å². The Balaban J connectivity index is 1.35. The highest BCUT2D eigenvalue weighted by atomic mass is 32.2. The lowest BCUT2D eigenvalue weighted by Crippen LogP contribution is -2.40. The highest BCUT2D eigenvalue weighted by Gasteiger charge is 2.26. The third-order valence-corrected chi connectivity index (χ3v) is 10.1. The summed E-state index contributed by atoms with van der Waals surface area (Å²) in [5, 5.41) is 8.40. The van der Waals surface area contributed by atoms with Crippen LogP contribution in [0.5, 0.6) is 0 Å². The summed E-state index contributed by atoms with van der Waals surface area (Å²) in [5.41, 5.74) is 7.42. The van der Waals surface area contributed by atoms with E-state index < -0.39 is 9.84 Å². The van der Waals surface area contributed by atoms with Crippen molar-refractivity contribution in [2.45, 2.75) is 38.5 Å². The van der Waals surface area contributed by atoms with Crippen LogP contribution in [0.2, 0.25) is 0 Å². The number of nitrogens with one attached hydrogen (secondary N) is 2. The molecule has 0 aliphatic carbocycles. The van der Waals surface area contributed by atoms with Gasteiger partial charge in [0.25, 0.3) is 0 Å². The fraction of sp³-hybridized carbons (Fsp3) is 0.483. The quantitative estimate of drug-likeness (QED) is 0.370. The molecule has 11 heteroatoms. The number of piperidine rings is 1. The number of likely N-dealkylation sites (tertiary alicyclic amines) is 1. The van der Waals surface area contributed by atoms with Crippen molar-refractivity contribution in [1.29, 1.82) is 0 Å². The van der Waals surface area contributed by atoms with Gasteiger partial charge in [-0.3, -0.25) is 9.69 Å². The zero-order valence-corrected chi connectivity index (χ0v) is 24.2. The van der Waals surface area contributed by atoms with Crippen molar-refractivity contribution in [3.63, 3.8) is 0 Å². The van der Waals surface area contributed by atoms with E-state index in [0.29, 0.717) is 25.6 Å². The van der Waals surface area contributed by atoms with Gasteiger partial charge in [0.15, 0.2) is 15.5 Å². The summed E-state index contributed by atoms with van der Waals surface area (Å²) < 4.78 is 25.9. The Morgan fingerprint density at radius 1 is 1.12 bits per heavy atom. The summed E-state index contributed by atoms with van der Waals surface area (Å²) in [6, 6.07) is 8.92. The summed E-state index contributed by atoms with van der Waals surface area (Å²) in [5.74, 6) is 1.11. The summed E-state index contributed by atoms with van der Waals surface area (Å²) >= 11 is 0. The zero-order valence-electron chi connectivity index (χ0n) is 23.4. The molecule has 0 unspecified atom stereocenters. The number of pyridine rings is 1. The van der Waals surface area contributed by atoms with Crippen molar-refractivity contribution in [2.75, 3.05) is 56.2 Å². The monoisotopic (exact) mass is 563 g/mol. The molecule has 0 atom stereocenters. The third kappa shape index (κ3) is 5.08. The lowest BCUT2D eigenvalue weighted by atomic mass is 9.87. The van der Waals surface area contributed by atoms with Gasteiger partial charge in [0, 0.05) is 42.8 Å². The highest BCUT2D eigenvalue weighted by Crippen LogP contribution is 2.39. The average Bonchev–Trinajstić information content (AvgIpc) is 3.57. The average molecular weight is 564 g/mol. The topological polar surface area (TPSA) is 116 Å². The molecule has 2 aliphatic heterocycles. The lowest BCUT2D eigenvalue weighted by Gasteiger charge is -2.31. The Bertz CT molecular complexity index is 1650. The number of hydrogen-bond donors (Lipinski definition) is 2. The second-order valence-electron chi connectivity index (χ2n) is 11.4. The first-order chi connectivity index (χ1) is 19.2. The second-order valence-corrected chi connectivity index (χ2v) is 13.7. The van der Waals surface area contributed by atoms with Gasteiger partial charge in [0.1, 0.15) is 6.33 Å². The van der Waals surface area contributed by atoms with Crippen molar-refractivity contribution in [2.24, 2.45) is 0 Å². The van der Waals surface area contributed by atoms with Crippen molar-refractivity contribution >= 4 is 38.0 Å². The Labute approximate surface area is 234 Å². The van der Waals surface area contributed by atoms with Crippen LogP contribution in [0.1, 0.15) is 49.7 Å². The fourth-order valence-corrected chi connectivity index (χ4v) is 7.45. The fourth-order valence-electron chi connectivity index (χ4n) is 6.25. The molecule has 2 fully saturated rings. The van der Waals surface area contributed by atoms with Crippen molar-refractivity contribution < 1.29 is 13.2 Å². The molecule has 2 N–H and O–H groups in total. The van der Waals surface area contributed by atoms with Crippen LogP contribution in [0, 0.1) is 0 Å². The minimum Gasteiger partial charge on any atom is -0.366 e. The van der Waals surface area contributed by atoms with Crippen LogP contribution in [-0.2, 0) is 14.6 Å². The predicted molar refractivity (Wildman–Crippen MR) is 158 cm³/mol. The number of hydrogen-bond acceptors (Lipinski definition) is 7. The molecule has 2 aliphatic rings. The van der Waals surface area contributed by atoms with Crippen LogP contribution in [0.15, 0.2) is 36.8 Å². The highest BCUT2D eigenvalue weighted by molar-refractivity contribution is 7.91. The standard InChI is InChI=1S/C29H37N7O3S/c1-19(2)27-23-14-21(20-6-8-34(9-7-20)17-26(37)30-3)4-5-24(23)33-28(27)22-15-25(29-31-18-32-36(29)16-22)35-10-12-40(38,39)13-11-35/h4-5,14-16,18-20,33H,6-13,17H2,1-3H3,(H,30,37). The van der Waals surface area contributed by atoms with Crippen LogP contribution in [-0.4, -0.2) is 90.1 Å². The largest absolute Gasteiger partial charge is 0.366 e. The van der Waals surface area contributed by atoms with Gasteiger partial charge in [-0.05, 0) is 67.1 Å². The minimum absolute atomic E-state index is 0.0684. The molecular formula is C29H37N7O3S. The number of likely N-dealkylation sites (N-methyl/N-ethyl adjacent to an activating group) is 1. The Hall–Kier alpha value is -3.44. The maximum atomic E-state index is 12.1. The molecule has 0 radical (unpaired) electrons. The summed E-state index contributed by atoms with van der Waals surface area (Å²) in [4.78, 5) is 24.3. The first kappa shape index (κ1) is 26.8. The van der Waals surface area contributed by atoms with Crippen LogP contribution >= 0.6 is 0 Å². The second kappa shape index (κ2) is 10.5. The number of carbonyl (C=O) groups is 1. The van der Waals surface area contributed by atoms with E-state index in [1.54, 1.807) is 17.9 Å². The molecule has 5 heterocycles. The Morgan fingerprint density at radius 3 is 2.58 bits per heavy atom. The van der Waals surface area contributed by atoms with Crippen LogP contribution in [0.4, 0.5) is 5.69 Å². The number of rotatable bonds is 6. The summed E-state index contributed by atoms with van der Waals surface area (Å²) in [6.07, 6.45) is 5.62. The maximum absolute atomic E-state index is 12.1. The number of anilines is 1. The Morgan fingerprint density at radius 2 is 1.88 bits per heavy atom. The van der Waals surface area contributed by atoms with Crippen molar-refractivity contribution in [1.82, 2.24) is 29.8 Å². The number of carbonyl (C=O) groups excluding carboxylic acids is 1. The van der Waals surface area contributed by atoms with Gasteiger partial charge >= 0.3 is 0 Å². The number of amides is 1. The van der Waals surface area contributed by atoms with E-state index >= 15 is 0 Å². The molecule has 1 aromatic carbocycles. The first-order valence-corrected chi connectivity index (χ1v) is 15.9. The number of aromatic amines is 1. The molecule has 1 amide bonds. The first-order valence-electron chi connectivity index (χ1n) is 14.1. The number of fused-ring (bicyclic) bond motifs is 2. The van der Waals surface area contributed by atoms with Gasteiger partial charge < -0.3 is 15.2 Å². The molecule has 40 heavy (non-hydrogen) atoms. The molecular weight excluding hydrogens is 526 g/mol. The number of sulfone groups is 1. The molecule has 2 saturated heterocycles. The summed E-state index contributed by atoms with van der Waals surface area (Å²) in [6.45, 7) is 7.65. The van der Waals surface area contributed by atoms with Crippen molar-refractivity contribution in [3.8, 4) is 11.3 Å². The minimum atomic E-state index is -3.00. The van der Waals surface area contributed by atoms with Crippen LogP contribution in [0.25, 0.3) is 27.8 Å². The molecule has 6 rings (SSSR count). The molecule has 212 valence electrons. The molecule has 3 aromatic heterocycles.